The molecule has 224 valence electrons. The van der Waals surface area contributed by atoms with Crippen molar-refractivity contribution in [3.63, 3.8) is 0 Å². The summed E-state index contributed by atoms with van der Waals surface area (Å²) in [6, 6.07) is -0.653. The molecule has 4 heteroatoms. The van der Waals surface area contributed by atoms with Gasteiger partial charge in [0.25, 0.3) is 0 Å². The van der Waals surface area contributed by atoms with E-state index in [1.165, 1.54) is 51.4 Å². The number of hydrogen-bond donors (Lipinski definition) is 3. The molecule has 0 saturated carbocycles. The van der Waals surface area contributed by atoms with Crippen LogP contribution in [0.2, 0.25) is 0 Å². The summed E-state index contributed by atoms with van der Waals surface area (Å²) in [4.78, 5) is 12.2. The molecule has 3 N–H and O–H groups in total. The second-order valence-corrected chi connectivity index (χ2v) is 10.5. The van der Waals surface area contributed by atoms with E-state index >= 15 is 0 Å². The van der Waals surface area contributed by atoms with Crippen molar-refractivity contribution in [3.05, 3.63) is 60.8 Å². The summed E-state index contributed by atoms with van der Waals surface area (Å²) in [5.41, 5.74) is 0. The Hall–Kier alpha value is -1.91. The van der Waals surface area contributed by atoms with Crippen molar-refractivity contribution in [1.82, 2.24) is 5.32 Å². The minimum absolute atomic E-state index is 0.108. The van der Waals surface area contributed by atoms with Crippen LogP contribution >= 0.6 is 0 Å². The van der Waals surface area contributed by atoms with Crippen LogP contribution in [0.4, 0.5) is 0 Å². The Balaban J connectivity index is 3.81. The van der Waals surface area contributed by atoms with Crippen LogP contribution in [0.25, 0.3) is 0 Å². The zero-order chi connectivity index (χ0) is 28.7. The summed E-state index contributed by atoms with van der Waals surface area (Å²) in [6.45, 7) is 4.13. The molecule has 0 bridgehead atoms. The van der Waals surface area contributed by atoms with Gasteiger partial charge in [-0.15, -0.1) is 0 Å². The third-order valence-electron chi connectivity index (χ3n) is 6.73. The molecule has 0 heterocycles. The van der Waals surface area contributed by atoms with E-state index in [2.05, 4.69) is 67.8 Å². The largest absolute Gasteiger partial charge is 0.394 e. The normalized spacial score (nSPS) is 14.1. The summed E-state index contributed by atoms with van der Waals surface area (Å²) in [5.74, 6) is -0.108. The summed E-state index contributed by atoms with van der Waals surface area (Å²) < 4.78 is 0. The number of carbonyl (C=O) groups is 1. The van der Waals surface area contributed by atoms with Gasteiger partial charge in [0, 0.05) is 6.42 Å². The fourth-order valence-electron chi connectivity index (χ4n) is 4.26. The molecule has 0 aromatic heterocycles. The van der Waals surface area contributed by atoms with Crippen molar-refractivity contribution in [2.45, 2.75) is 148 Å². The number of allylic oxidation sites excluding steroid dienone is 9. The second kappa shape index (κ2) is 30.6. The standard InChI is InChI=1S/C35H61NO3/c1-3-5-7-9-11-13-15-17-19-20-22-24-26-28-30-34(38)33(32-37)36-35(39)31-29-27-25-23-21-18-16-14-12-10-8-6-4-2/h6,8,12,14,18,20-22,28,30,33-34,37-38H,3-5,7,9-11,13,15-17,19,23-27,29,31-32H2,1-2H3,(H,36,39)/b8-6-,14-12-,21-18-,22-20+,30-28+. The molecule has 0 aliphatic carbocycles. The average Bonchev–Trinajstić information content (AvgIpc) is 2.94. The molecule has 0 radical (unpaired) electrons. The zero-order valence-electron chi connectivity index (χ0n) is 25.4. The van der Waals surface area contributed by atoms with Gasteiger partial charge in [0.15, 0.2) is 0 Å². The zero-order valence-corrected chi connectivity index (χ0v) is 25.4. The van der Waals surface area contributed by atoms with E-state index < -0.39 is 12.1 Å². The number of hydrogen-bond acceptors (Lipinski definition) is 3. The molecule has 4 nitrogen and oxygen atoms in total. The van der Waals surface area contributed by atoms with E-state index in [0.29, 0.717) is 6.42 Å². The van der Waals surface area contributed by atoms with Gasteiger partial charge < -0.3 is 15.5 Å². The molecule has 2 atom stereocenters. The van der Waals surface area contributed by atoms with E-state index in [9.17, 15) is 15.0 Å². The Kier molecular flexibility index (Phi) is 29.1. The molecule has 0 aromatic carbocycles. The first kappa shape index (κ1) is 37.1. The number of rotatable bonds is 27. The Labute approximate surface area is 241 Å². The average molecular weight is 544 g/mol. The quantitative estimate of drug-likeness (QED) is 0.0715. The van der Waals surface area contributed by atoms with Gasteiger partial charge in [-0.25, -0.2) is 0 Å². The Morgan fingerprint density at radius 3 is 1.79 bits per heavy atom. The highest BCUT2D eigenvalue weighted by atomic mass is 16.3. The lowest BCUT2D eigenvalue weighted by atomic mass is 10.1. The van der Waals surface area contributed by atoms with Gasteiger partial charge in [0.2, 0.25) is 5.91 Å². The van der Waals surface area contributed by atoms with Gasteiger partial charge in [-0.3, -0.25) is 4.79 Å². The van der Waals surface area contributed by atoms with E-state index in [0.717, 1.165) is 64.2 Å². The maximum Gasteiger partial charge on any atom is 0.220 e. The molecule has 0 aliphatic rings. The SMILES string of the molecule is CC/C=C\C/C=C\C/C=C\CCCCCC(=O)NC(CO)C(O)/C=C/CC/C=C/CCCCCCCCCC. The molecule has 2 unspecified atom stereocenters. The number of aliphatic hydroxyl groups excluding tert-OH is 2. The van der Waals surface area contributed by atoms with Gasteiger partial charge in [0.05, 0.1) is 18.8 Å². The topological polar surface area (TPSA) is 69.6 Å². The van der Waals surface area contributed by atoms with Crippen LogP contribution in [0.1, 0.15) is 136 Å². The first-order valence-electron chi connectivity index (χ1n) is 16.0. The lowest BCUT2D eigenvalue weighted by Crippen LogP contribution is -2.45. The number of carbonyl (C=O) groups excluding carboxylic acids is 1. The fourth-order valence-corrected chi connectivity index (χ4v) is 4.26. The van der Waals surface area contributed by atoms with Crippen LogP contribution < -0.4 is 5.32 Å². The van der Waals surface area contributed by atoms with Crippen molar-refractivity contribution in [1.29, 1.82) is 0 Å². The smallest absolute Gasteiger partial charge is 0.220 e. The van der Waals surface area contributed by atoms with Crippen LogP contribution in [0, 0.1) is 0 Å². The number of amides is 1. The van der Waals surface area contributed by atoms with E-state index in [1.807, 2.05) is 6.08 Å². The Morgan fingerprint density at radius 2 is 1.15 bits per heavy atom. The van der Waals surface area contributed by atoms with Gasteiger partial charge in [-0.1, -0.05) is 126 Å². The van der Waals surface area contributed by atoms with E-state index in [4.69, 9.17) is 0 Å². The number of aliphatic hydroxyl groups is 2. The van der Waals surface area contributed by atoms with Crippen LogP contribution in [-0.4, -0.2) is 34.9 Å². The first-order chi connectivity index (χ1) is 19.2. The van der Waals surface area contributed by atoms with Gasteiger partial charge in [0.1, 0.15) is 0 Å². The molecule has 0 saturated heterocycles. The molecule has 0 fully saturated rings. The van der Waals surface area contributed by atoms with Crippen molar-refractivity contribution in [3.8, 4) is 0 Å². The number of nitrogens with one attached hydrogen (secondary N) is 1. The Bertz CT molecular complexity index is 677. The highest BCUT2D eigenvalue weighted by Crippen LogP contribution is 2.10. The molecule has 0 aliphatic heterocycles. The molecule has 1 amide bonds. The summed E-state index contributed by atoms with van der Waals surface area (Å²) >= 11 is 0. The summed E-state index contributed by atoms with van der Waals surface area (Å²) in [5, 5.41) is 22.7. The fraction of sp³-hybridized carbons (Fsp3) is 0.686. The van der Waals surface area contributed by atoms with Gasteiger partial charge >= 0.3 is 0 Å². The number of unbranched alkanes of at least 4 members (excludes halogenated alkanes) is 12. The summed E-state index contributed by atoms with van der Waals surface area (Å²) in [6.07, 6.45) is 41.5. The van der Waals surface area contributed by atoms with E-state index in [-0.39, 0.29) is 12.5 Å². The minimum Gasteiger partial charge on any atom is -0.394 e. The van der Waals surface area contributed by atoms with Crippen molar-refractivity contribution in [2.75, 3.05) is 6.61 Å². The predicted molar refractivity (Wildman–Crippen MR) is 170 cm³/mol. The molecule has 39 heavy (non-hydrogen) atoms. The second-order valence-electron chi connectivity index (χ2n) is 10.5. The van der Waals surface area contributed by atoms with Crippen LogP contribution in [0.5, 0.6) is 0 Å². The molecule has 0 aromatic rings. The Morgan fingerprint density at radius 1 is 0.641 bits per heavy atom. The highest BCUT2D eigenvalue weighted by Gasteiger charge is 2.17. The maximum atomic E-state index is 12.2. The molecular formula is C35H61NO3. The highest BCUT2D eigenvalue weighted by molar-refractivity contribution is 5.76. The molecule has 0 spiro atoms. The van der Waals surface area contributed by atoms with Crippen molar-refractivity contribution >= 4 is 5.91 Å². The lowest BCUT2D eigenvalue weighted by molar-refractivity contribution is -0.123. The van der Waals surface area contributed by atoms with Gasteiger partial charge in [-0.05, 0) is 64.2 Å². The molecule has 0 rings (SSSR count). The lowest BCUT2D eigenvalue weighted by Gasteiger charge is -2.19. The third-order valence-corrected chi connectivity index (χ3v) is 6.73. The van der Waals surface area contributed by atoms with Gasteiger partial charge in [-0.2, -0.15) is 0 Å². The van der Waals surface area contributed by atoms with Crippen LogP contribution in [0.15, 0.2) is 60.8 Å². The summed E-state index contributed by atoms with van der Waals surface area (Å²) in [7, 11) is 0. The maximum absolute atomic E-state index is 12.2. The van der Waals surface area contributed by atoms with E-state index in [1.54, 1.807) is 6.08 Å². The predicted octanol–water partition coefficient (Wildman–Crippen LogP) is 9.06. The first-order valence-corrected chi connectivity index (χ1v) is 16.0. The molecular weight excluding hydrogens is 482 g/mol. The monoisotopic (exact) mass is 543 g/mol. The van der Waals surface area contributed by atoms with Crippen LogP contribution in [-0.2, 0) is 4.79 Å². The van der Waals surface area contributed by atoms with Crippen molar-refractivity contribution in [2.24, 2.45) is 0 Å². The minimum atomic E-state index is -0.873. The van der Waals surface area contributed by atoms with Crippen molar-refractivity contribution < 1.29 is 15.0 Å². The van der Waals surface area contributed by atoms with Crippen LogP contribution in [0.3, 0.4) is 0 Å². The third kappa shape index (κ3) is 27.4.